The maximum atomic E-state index is 12.3. The van der Waals surface area contributed by atoms with Crippen LogP contribution in [0.5, 0.6) is 0 Å². The Balaban J connectivity index is 1.95. The number of sulfonamides is 1. The number of nitriles is 1. The molecule has 2 rings (SSSR count). The van der Waals surface area contributed by atoms with Crippen molar-refractivity contribution in [3.8, 4) is 6.07 Å². The SMILES string of the molecule is C[C@H](C#N)OC(=O)C1CCN(S(=O)(=O)c2cccs2)CC1. The van der Waals surface area contributed by atoms with Gasteiger partial charge in [0.15, 0.2) is 6.10 Å². The van der Waals surface area contributed by atoms with Gasteiger partial charge in [-0.2, -0.15) is 9.57 Å². The average molecular weight is 328 g/mol. The summed E-state index contributed by atoms with van der Waals surface area (Å²) in [5, 5.41) is 10.3. The lowest BCUT2D eigenvalue weighted by Gasteiger charge is -2.29. The second kappa shape index (κ2) is 6.56. The fraction of sp³-hybridized carbons (Fsp3) is 0.538. The first-order valence-electron chi connectivity index (χ1n) is 6.59. The summed E-state index contributed by atoms with van der Waals surface area (Å²) in [7, 11) is -3.45. The molecular weight excluding hydrogens is 312 g/mol. The van der Waals surface area contributed by atoms with Gasteiger partial charge in [-0.25, -0.2) is 8.42 Å². The number of nitrogens with zero attached hydrogens (tertiary/aromatic N) is 2. The molecule has 1 aliphatic heterocycles. The minimum absolute atomic E-state index is 0.293. The van der Waals surface area contributed by atoms with Crippen LogP contribution in [0.15, 0.2) is 21.7 Å². The number of esters is 1. The zero-order valence-electron chi connectivity index (χ0n) is 11.6. The van der Waals surface area contributed by atoms with Crippen LogP contribution < -0.4 is 0 Å². The topological polar surface area (TPSA) is 87.5 Å². The molecule has 0 aliphatic carbocycles. The van der Waals surface area contributed by atoms with Crippen LogP contribution in [0.25, 0.3) is 0 Å². The van der Waals surface area contributed by atoms with Crippen molar-refractivity contribution in [2.45, 2.75) is 30.1 Å². The van der Waals surface area contributed by atoms with Gasteiger partial charge in [-0.05, 0) is 31.2 Å². The van der Waals surface area contributed by atoms with Gasteiger partial charge in [0.1, 0.15) is 10.3 Å². The van der Waals surface area contributed by atoms with Crippen LogP contribution in [0.1, 0.15) is 19.8 Å². The Morgan fingerprint density at radius 3 is 2.71 bits per heavy atom. The smallest absolute Gasteiger partial charge is 0.310 e. The van der Waals surface area contributed by atoms with Gasteiger partial charge in [-0.15, -0.1) is 11.3 Å². The lowest BCUT2D eigenvalue weighted by molar-refractivity contribution is -0.152. The Morgan fingerprint density at radius 2 is 2.19 bits per heavy atom. The number of ether oxygens (including phenoxy) is 1. The molecule has 1 saturated heterocycles. The summed E-state index contributed by atoms with van der Waals surface area (Å²) in [6.07, 6.45) is 0.0637. The van der Waals surface area contributed by atoms with E-state index in [9.17, 15) is 13.2 Å². The minimum atomic E-state index is -3.45. The van der Waals surface area contributed by atoms with Gasteiger partial charge in [0.2, 0.25) is 0 Å². The van der Waals surface area contributed by atoms with E-state index in [0.717, 1.165) is 0 Å². The summed E-state index contributed by atoms with van der Waals surface area (Å²) in [6, 6.07) is 5.12. The van der Waals surface area contributed by atoms with E-state index in [1.807, 2.05) is 6.07 Å². The average Bonchev–Trinajstić information content (AvgIpc) is 3.02. The third-order valence-corrected chi connectivity index (χ3v) is 6.62. The lowest BCUT2D eigenvalue weighted by atomic mass is 9.98. The molecule has 1 fully saturated rings. The second-order valence-electron chi connectivity index (χ2n) is 4.82. The van der Waals surface area contributed by atoms with Gasteiger partial charge >= 0.3 is 5.97 Å². The van der Waals surface area contributed by atoms with Crippen LogP contribution in [-0.2, 0) is 19.6 Å². The highest BCUT2D eigenvalue weighted by molar-refractivity contribution is 7.91. The molecule has 0 spiro atoms. The van der Waals surface area contributed by atoms with Crippen molar-refractivity contribution >= 4 is 27.3 Å². The molecule has 1 aliphatic rings. The van der Waals surface area contributed by atoms with Gasteiger partial charge in [0.05, 0.1) is 5.92 Å². The molecule has 8 heteroatoms. The zero-order chi connectivity index (χ0) is 15.5. The molecule has 1 aromatic rings. The van der Waals surface area contributed by atoms with E-state index in [1.54, 1.807) is 17.5 Å². The number of rotatable bonds is 4. The predicted octanol–water partition coefficient (Wildman–Crippen LogP) is 1.60. The third kappa shape index (κ3) is 3.61. The third-order valence-electron chi connectivity index (χ3n) is 3.35. The fourth-order valence-electron chi connectivity index (χ4n) is 2.17. The Hall–Kier alpha value is -1.43. The van der Waals surface area contributed by atoms with Gasteiger partial charge in [0.25, 0.3) is 10.0 Å². The Kier molecular flexibility index (Phi) is 4.98. The molecule has 114 valence electrons. The van der Waals surface area contributed by atoms with Crippen molar-refractivity contribution in [3.05, 3.63) is 17.5 Å². The van der Waals surface area contributed by atoms with E-state index in [1.165, 1.54) is 22.6 Å². The summed E-state index contributed by atoms with van der Waals surface area (Å²) in [4.78, 5) is 11.8. The monoisotopic (exact) mass is 328 g/mol. The normalized spacial score (nSPS) is 18.9. The second-order valence-corrected chi connectivity index (χ2v) is 7.93. The van der Waals surface area contributed by atoms with Crippen molar-refractivity contribution in [1.82, 2.24) is 4.31 Å². The molecule has 0 aromatic carbocycles. The summed E-state index contributed by atoms with van der Waals surface area (Å²) in [5.41, 5.74) is 0. The minimum Gasteiger partial charge on any atom is -0.447 e. The van der Waals surface area contributed by atoms with E-state index in [4.69, 9.17) is 10.00 Å². The van der Waals surface area contributed by atoms with Gasteiger partial charge < -0.3 is 4.74 Å². The summed E-state index contributed by atoms with van der Waals surface area (Å²) in [6.45, 7) is 2.09. The lowest BCUT2D eigenvalue weighted by Crippen LogP contribution is -2.40. The number of thiophene rings is 1. The summed E-state index contributed by atoms with van der Waals surface area (Å²) in [5.74, 6) is -0.757. The molecule has 0 radical (unpaired) electrons. The molecule has 1 aromatic heterocycles. The number of piperidine rings is 1. The standard InChI is InChI=1S/C13H16N2O4S2/c1-10(9-14)19-13(16)11-4-6-15(7-5-11)21(17,18)12-3-2-8-20-12/h2-3,8,10-11H,4-7H2,1H3/t10-/m1/s1. The Morgan fingerprint density at radius 1 is 1.52 bits per heavy atom. The van der Waals surface area contributed by atoms with Crippen LogP contribution in [0, 0.1) is 17.2 Å². The van der Waals surface area contributed by atoms with Gasteiger partial charge in [0, 0.05) is 13.1 Å². The quantitative estimate of drug-likeness (QED) is 0.784. The van der Waals surface area contributed by atoms with E-state index in [-0.39, 0.29) is 5.92 Å². The van der Waals surface area contributed by atoms with Gasteiger partial charge in [-0.3, -0.25) is 4.79 Å². The molecule has 6 nitrogen and oxygen atoms in total. The largest absolute Gasteiger partial charge is 0.447 e. The number of hydrogen-bond donors (Lipinski definition) is 0. The highest BCUT2D eigenvalue weighted by Gasteiger charge is 2.33. The van der Waals surface area contributed by atoms with E-state index < -0.39 is 22.1 Å². The molecule has 0 N–H and O–H groups in total. The van der Waals surface area contributed by atoms with Crippen LogP contribution >= 0.6 is 11.3 Å². The van der Waals surface area contributed by atoms with Crippen LogP contribution in [0.4, 0.5) is 0 Å². The molecule has 0 unspecified atom stereocenters. The summed E-state index contributed by atoms with van der Waals surface area (Å²) < 4.78 is 31.3. The Labute approximate surface area is 128 Å². The van der Waals surface area contributed by atoms with Crippen LogP contribution in [0.2, 0.25) is 0 Å². The summed E-state index contributed by atoms with van der Waals surface area (Å²) >= 11 is 1.18. The first-order chi connectivity index (χ1) is 9.95. The maximum absolute atomic E-state index is 12.3. The van der Waals surface area contributed by atoms with Crippen molar-refractivity contribution in [2.24, 2.45) is 5.92 Å². The Bertz CT molecular complexity index is 626. The maximum Gasteiger partial charge on any atom is 0.310 e. The van der Waals surface area contributed by atoms with Crippen molar-refractivity contribution in [1.29, 1.82) is 5.26 Å². The number of hydrogen-bond acceptors (Lipinski definition) is 6. The number of carbonyl (C=O) groups excluding carboxylic acids is 1. The molecule has 1 atom stereocenters. The van der Waals surface area contributed by atoms with E-state index in [0.29, 0.717) is 30.1 Å². The molecule has 0 amide bonds. The molecule has 0 saturated carbocycles. The fourth-order valence-corrected chi connectivity index (χ4v) is 4.78. The molecule has 0 bridgehead atoms. The van der Waals surface area contributed by atoms with Gasteiger partial charge in [-0.1, -0.05) is 6.07 Å². The zero-order valence-corrected chi connectivity index (χ0v) is 13.2. The van der Waals surface area contributed by atoms with E-state index in [2.05, 4.69) is 0 Å². The molecule has 21 heavy (non-hydrogen) atoms. The first kappa shape index (κ1) is 15.9. The van der Waals surface area contributed by atoms with Crippen LogP contribution in [-0.4, -0.2) is 37.9 Å². The van der Waals surface area contributed by atoms with Crippen molar-refractivity contribution < 1.29 is 17.9 Å². The van der Waals surface area contributed by atoms with E-state index >= 15 is 0 Å². The number of carbonyl (C=O) groups is 1. The first-order valence-corrected chi connectivity index (χ1v) is 8.91. The molecular formula is C13H16N2O4S2. The van der Waals surface area contributed by atoms with Crippen molar-refractivity contribution in [2.75, 3.05) is 13.1 Å². The van der Waals surface area contributed by atoms with Crippen LogP contribution in [0.3, 0.4) is 0 Å². The highest BCUT2D eigenvalue weighted by atomic mass is 32.2. The van der Waals surface area contributed by atoms with Crippen molar-refractivity contribution in [3.63, 3.8) is 0 Å². The predicted molar refractivity (Wildman–Crippen MR) is 77.0 cm³/mol. The highest BCUT2D eigenvalue weighted by Crippen LogP contribution is 2.26. The molecule has 2 heterocycles.